The van der Waals surface area contributed by atoms with Crippen LogP contribution in [0.2, 0.25) is 0 Å². The van der Waals surface area contributed by atoms with Crippen molar-refractivity contribution in [3.63, 3.8) is 0 Å². The molecule has 3 aliphatic rings. The maximum Gasteiger partial charge on any atom is 0.234 e. The van der Waals surface area contributed by atoms with Crippen molar-refractivity contribution in [2.75, 3.05) is 52.4 Å². The minimum atomic E-state index is -0.0501. The Morgan fingerprint density at radius 3 is 2.23 bits per heavy atom. The van der Waals surface area contributed by atoms with Crippen molar-refractivity contribution in [3.8, 4) is 0 Å². The molecule has 7 heteroatoms. The van der Waals surface area contributed by atoms with Crippen LogP contribution in [0.1, 0.15) is 39.0 Å². The van der Waals surface area contributed by atoms with Crippen LogP contribution < -0.4 is 5.32 Å². The Bertz CT molecular complexity index is 527. The summed E-state index contributed by atoms with van der Waals surface area (Å²) < 4.78 is 0. The molecule has 1 atom stereocenters. The van der Waals surface area contributed by atoms with Crippen LogP contribution in [-0.4, -0.2) is 84.8 Å². The van der Waals surface area contributed by atoms with E-state index in [1.807, 2.05) is 16.7 Å². The third-order valence-corrected chi connectivity index (χ3v) is 5.63. The number of hydrogen-bond donors (Lipinski definition) is 1. The molecular weight excluding hydrogens is 332 g/mol. The van der Waals surface area contributed by atoms with Crippen LogP contribution in [0.3, 0.4) is 0 Å². The molecule has 7 nitrogen and oxygen atoms in total. The lowest BCUT2D eigenvalue weighted by Crippen LogP contribution is -2.54. The van der Waals surface area contributed by atoms with Crippen LogP contribution in [0.5, 0.6) is 0 Å². The topological polar surface area (TPSA) is 73.0 Å². The molecule has 0 aromatic heterocycles. The van der Waals surface area contributed by atoms with Crippen molar-refractivity contribution in [2.24, 2.45) is 11.8 Å². The highest BCUT2D eigenvalue weighted by Crippen LogP contribution is 2.32. The molecule has 2 aliphatic heterocycles. The molecule has 0 spiro atoms. The second kappa shape index (κ2) is 8.84. The van der Waals surface area contributed by atoms with Crippen molar-refractivity contribution in [2.45, 2.75) is 39.0 Å². The predicted octanol–water partition coefficient (Wildman–Crippen LogP) is 0.305. The van der Waals surface area contributed by atoms with Crippen LogP contribution in [0, 0.1) is 11.8 Å². The van der Waals surface area contributed by atoms with E-state index in [9.17, 15) is 14.4 Å². The number of hydrogen-bond acceptors (Lipinski definition) is 4. The van der Waals surface area contributed by atoms with Crippen molar-refractivity contribution in [1.82, 2.24) is 20.0 Å². The minimum Gasteiger partial charge on any atom is -0.355 e. The summed E-state index contributed by atoms with van der Waals surface area (Å²) in [6.07, 6.45) is 4.78. The highest BCUT2D eigenvalue weighted by atomic mass is 16.2. The van der Waals surface area contributed by atoms with Gasteiger partial charge in [-0.1, -0.05) is 6.92 Å². The zero-order chi connectivity index (χ0) is 18.5. The van der Waals surface area contributed by atoms with Gasteiger partial charge in [0.25, 0.3) is 0 Å². The third-order valence-electron chi connectivity index (χ3n) is 5.63. The molecule has 2 heterocycles. The highest BCUT2D eigenvalue weighted by Gasteiger charge is 2.38. The summed E-state index contributed by atoms with van der Waals surface area (Å²) in [6, 6.07) is 0. The lowest BCUT2D eigenvalue weighted by molar-refractivity contribution is -0.142. The number of likely N-dealkylation sites (tertiary alicyclic amines) is 1. The Kier molecular flexibility index (Phi) is 6.51. The molecule has 3 amide bonds. The second-order valence-electron chi connectivity index (χ2n) is 7.85. The number of piperazine rings is 1. The number of nitrogens with zero attached hydrogens (tertiary/aromatic N) is 3. The van der Waals surface area contributed by atoms with Crippen LogP contribution in [-0.2, 0) is 14.4 Å². The van der Waals surface area contributed by atoms with Gasteiger partial charge in [0.2, 0.25) is 17.7 Å². The Balaban J connectivity index is 1.43. The van der Waals surface area contributed by atoms with Crippen molar-refractivity contribution in [3.05, 3.63) is 0 Å². The zero-order valence-corrected chi connectivity index (χ0v) is 15.9. The molecule has 146 valence electrons. The van der Waals surface area contributed by atoms with E-state index in [2.05, 4.69) is 10.2 Å². The maximum atomic E-state index is 12.9. The SMILES string of the molecule is CCCNC(=O)CN1CCN(C(=O)C2CCCN(C(=O)C3CC3)C2)CC1. The van der Waals surface area contributed by atoms with Crippen LogP contribution in [0.4, 0.5) is 0 Å². The van der Waals surface area contributed by atoms with Crippen molar-refractivity contribution < 1.29 is 14.4 Å². The van der Waals surface area contributed by atoms with Gasteiger partial charge in [-0.15, -0.1) is 0 Å². The predicted molar refractivity (Wildman–Crippen MR) is 98.3 cm³/mol. The van der Waals surface area contributed by atoms with Gasteiger partial charge in [0, 0.05) is 51.7 Å². The first kappa shape index (κ1) is 19.1. The molecule has 26 heavy (non-hydrogen) atoms. The number of amides is 3. The fraction of sp³-hybridized carbons (Fsp3) is 0.842. The van der Waals surface area contributed by atoms with Gasteiger partial charge in [0.1, 0.15) is 0 Å². The third kappa shape index (κ3) is 4.96. The summed E-state index contributed by atoms with van der Waals surface area (Å²) in [5.74, 6) is 0.684. The van der Waals surface area contributed by atoms with Crippen LogP contribution >= 0.6 is 0 Å². The summed E-state index contributed by atoms with van der Waals surface area (Å²) in [6.45, 7) is 7.39. The van der Waals surface area contributed by atoms with E-state index >= 15 is 0 Å². The highest BCUT2D eigenvalue weighted by molar-refractivity contribution is 5.83. The smallest absolute Gasteiger partial charge is 0.234 e. The van der Waals surface area contributed by atoms with E-state index in [0.29, 0.717) is 26.2 Å². The van der Waals surface area contributed by atoms with Crippen LogP contribution in [0.25, 0.3) is 0 Å². The first-order valence-electron chi connectivity index (χ1n) is 10.1. The molecule has 3 fully saturated rings. The Hall–Kier alpha value is -1.63. The fourth-order valence-corrected chi connectivity index (χ4v) is 3.88. The molecule has 1 saturated carbocycles. The van der Waals surface area contributed by atoms with Crippen molar-refractivity contribution in [1.29, 1.82) is 0 Å². The van der Waals surface area contributed by atoms with Gasteiger partial charge in [-0.3, -0.25) is 19.3 Å². The lowest BCUT2D eigenvalue weighted by atomic mass is 9.95. The maximum absolute atomic E-state index is 12.9. The number of piperidine rings is 1. The molecule has 0 aromatic rings. The number of carbonyl (C=O) groups excluding carboxylic acids is 3. The standard InChI is InChI=1S/C19H32N4O3/c1-2-7-20-17(24)14-21-9-11-22(12-10-21)19(26)16-4-3-8-23(13-16)18(25)15-5-6-15/h15-16H,2-14H2,1H3,(H,20,24). The van der Waals surface area contributed by atoms with E-state index in [-0.39, 0.29) is 29.6 Å². The number of nitrogens with one attached hydrogen (secondary N) is 1. The second-order valence-corrected chi connectivity index (χ2v) is 7.85. The first-order valence-corrected chi connectivity index (χ1v) is 10.1. The summed E-state index contributed by atoms with van der Waals surface area (Å²) in [5, 5.41) is 2.90. The molecule has 1 aliphatic carbocycles. The largest absolute Gasteiger partial charge is 0.355 e. The Morgan fingerprint density at radius 1 is 0.885 bits per heavy atom. The van der Waals surface area contributed by atoms with Crippen molar-refractivity contribution >= 4 is 17.7 Å². The Morgan fingerprint density at radius 2 is 1.58 bits per heavy atom. The number of carbonyl (C=O) groups is 3. The molecule has 1 N–H and O–H groups in total. The Labute approximate surface area is 156 Å². The van der Waals surface area contributed by atoms with E-state index in [0.717, 1.165) is 58.3 Å². The summed E-state index contributed by atoms with van der Waals surface area (Å²) in [4.78, 5) is 42.9. The quantitative estimate of drug-likeness (QED) is 0.736. The van der Waals surface area contributed by atoms with Gasteiger partial charge in [-0.2, -0.15) is 0 Å². The van der Waals surface area contributed by atoms with Gasteiger partial charge in [-0.05, 0) is 32.1 Å². The van der Waals surface area contributed by atoms with Crippen LogP contribution in [0.15, 0.2) is 0 Å². The molecule has 3 rings (SSSR count). The monoisotopic (exact) mass is 364 g/mol. The van der Waals surface area contributed by atoms with Gasteiger partial charge >= 0.3 is 0 Å². The zero-order valence-electron chi connectivity index (χ0n) is 15.9. The average molecular weight is 364 g/mol. The van der Waals surface area contributed by atoms with E-state index in [4.69, 9.17) is 0 Å². The number of rotatable bonds is 6. The average Bonchev–Trinajstić information content (AvgIpc) is 3.51. The normalized spacial score (nSPS) is 24.4. The summed E-state index contributed by atoms with van der Waals surface area (Å²) >= 11 is 0. The van der Waals surface area contributed by atoms with E-state index in [1.165, 1.54) is 0 Å². The van der Waals surface area contributed by atoms with Gasteiger partial charge in [-0.25, -0.2) is 0 Å². The molecular formula is C19H32N4O3. The molecule has 2 saturated heterocycles. The molecule has 0 aromatic carbocycles. The van der Waals surface area contributed by atoms with E-state index < -0.39 is 0 Å². The van der Waals surface area contributed by atoms with Gasteiger partial charge < -0.3 is 15.1 Å². The summed E-state index contributed by atoms with van der Waals surface area (Å²) in [7, 11) is 0. The van der Waals surface area contributed by atoms with Gasteiger partial charge in [0.15, 0.2) is 0 Å². The molecule has 0 bridgehead atoms. The van der Waals surface area contributed by atoms with E-state index in [1.54, 1.807) is 0 Å². The molecule has 1 unspecified atom stereocenters. The first-order chi connectivity index (χ1) is 12.6. The fourth-order valence-electron chi connectivity index (χ4n) is 3.88. The molecule has 0 radical (unpaired) electrons. The lowest BCUT2D eigenvalue weighted by Gasteiger charge is -2.39. The summed E-state index contributed by atoms with van der Waals surface area (Å²) in [5.41, 5.74) is 0. The minimum absolute atomic E-state index is 0.0501. The van der Waals surface area contributed by atoms with Gasteiger partial charge in [0.05, 0.1) is 12.5 Å².